The Morgan fingerprint density at radius 2 is 2.19 bits per heavy atom. The topological polar surface area (TPSA) is 37.6 Å². The fraction of sp³-hybridized carbons (Fsp3) is 0.765. The summed E-state index contributed by atoms with van der Waals surface area (Å²) in [6, 6.07) is 2.82. The molecule has 1 saturated carbocycles. The van der Waals surface area contributed by atoms with Gasteiger partial charge >= 0.3 is 0 Å². The molecule has 2 fully saturated rings. The highest BCUT2D eigenvalue weighted by atomic mass is 16.5. The maximum Gasteiger partial charge on any atom is 0.118 e. The van der Waals surface area contributed by atoms with Crippen molar-refractivity contribution in [3.05, 3.63) is 23.2 Å². The minimum atomic E-state index is 0.449. The molecule has 4 heteroatoms. The molecule has 0 spiro atoms. The summed E-state index contributed by atoms with van der Waals surface area (Å²) in [7, 11) is 0. The first-order valence-corrected chi connectivity index (χ1v) is 8.42. The summed E-state index contributed by atoms with van der Waals surface area (Å²) < 4.78 is 11.9. The largest absolute Gasteiger partial charge is 0.465 e. The van der Waals surface area contributed by atoms with Crippen LogP contribution in [0.25, 0.3) is 0 Å². The average Bonchev–Trinajstić information content (AvgIpc) is 2.85. The fourth-order valence-corrected chi connectivity index (χ4v) is 3.67. The Hall–Kier alpha value is -0.840. The third-order valence-electron chi connectivity index (χ3n) is 4.84. The number of rotatable bonds is 5. The van der Waals surface area contributed by atoms with E-state index in [4.69, 9.17) is 9.15 Å². The van der Waals surface area contributed by atoms with Gasteiger partial charge in [0.1, 0.15) is 11.5 Å². The van der Waals surface area contributed by atoms with Crippen molar-refractivity contribution >= 4 is 0 Å². The van der Waals surface area contributed by atoms with Gasteiger partial charge in [-0.15, -0.1) is 0 Å². The molecule has 1 aliphatic heterocycles. The van der Waals surface area contributed by atoms with Gasteiger partial charge in [-0.1, -0.05) is 19.8 Å². The van der Waals surface area contributed by atoms with Crippen LogP contribution in [0.5, 0.6) is 0 Å². The van der Waals surface area contributed by atoms with Gasteiger partial charge in [0.25, 0.3) is 0 Å². The van der Waals surface area contributed by atoms with Gasteiger partial charge in [-0.2, -0.15) is 0 Å². The van der Waals surface area contributed by atoms with E-state index in [0.717, 1.165) is 44.3 Å². The van der Waals surface area contributed by atoms with E-state index < -0.39 is 0 Å². The zero-order valence-electron chi connectivity index (χ0n) is 13.4. The molecule has 2 atom stereocenters. The lowest BCUT2D eigenvalue weighted by atomic mass is 9.90. The smallest absolute Gasteiger partial charge is 0.118 e. The van der Waals surface area contributed by atoms with Gasteiger partial charge in [-0.25, -0.2) is 0 Å². The molecule has 2 unspecified atom stereocenters. The Balaban J connectivity index is 1.65. The van der Waals surface area contributed by atoms with Gasteiger partial charge in [0.05, 0.1) is 19.3 Å². The lowest BCUT2D eigenvalue weighted by molar-refractivity contribution is -0.0926. The number of nitrogens with zero attached hydrogens (tertiary/aromatic N) is 1. The van der Waals surface area contributed by atoms with E-state index in [1.165, 1.54) is 31.2 Å². The van der Waals surface area contributed by atoms with Crippen molar-refractivity contribution < 1.29 is 9.15 Å². The average molecular weight is 292 g/mol. The second kappa shape index (κ2) is 6.95. The number of fused-ring (bicyclic) bond motifs is 1. The zero-order valence-corrected chi connectivity index (χ0v) is 13.4. The molecule has 4 nitrogen and oxygen atoms in total. The van der Waals surface area contributed by atoms with E-state index in [-0.39, 0.29) is 0 Å². The molecule has 21 heavy (non-hydrogen) atoms. The molecule has 1 saturated heterocycles. The fourth-order valence-electron chi connectivity index (χ4n) is 3.67. The second-order valence-corrected chi connectivity index (χ2v) is 6.31. The molecule has 0 amide bonds. The lowest BCUT2D eigenvalue weighted by Gasteiger charge is -2.43. The van der Waals surface area contributed by atoms with E-state index in [9.17, 15) is 0 Å². The summed E-state index contributed by atoms with van der Waals surface area (Å²) >= 11 is 0. The Kier molecular flexibility index (Phi) is 4.99. The van der Waals surface area contributed by atoms with Crippen molar-refractivity contribution in [1.29, 1.82) is 0 Å². The number of morpholine rings is 1. The predicted octanol–water partition coefficient (Wildman–Crippen LogP) is 2.84. The molecule has 2 aliphatic rings. The van der Waals surface area contributed by atoms with Crippen LogP contribution in [0.15, 0.2) is 10.5 Å². The highest BCUT2D eigenvalue weighted by Gasteiger charge is 2.34. The summed E-state index contributed by atoms with van der Waals surface area (Å²) in [6.07, 6.45) is 5.61. The molecule has 1 N–H and O–H groups in total. The molecule has 0 aromatic carbocycles. The Morgan fingerprint density at radius 1 is 1.33 bits per heavy atom. The molecule has 118 valence electrons. The van der Waals surface area contributed by atoms with E-state index in [2.05, 4.69) is 30.1 Å². The number of furan rings is 1. The summed E-state index contributed by atoms with van der Waals surface area (Å²) in [5.41, 5.74) is 1.29. The van der Waals surface area contributed by atoms with Crippen LogP contribution < -0.4 is 5.32 Å². The number of aryl methyl sites for hydroxylation is 1. The third-order valence-corrected chi connectivity index (χ3v) is 4.84. The molecule has 1 aromatic rings. The zero-order chi connectivity index (χ0) is 14.7. The van der Waals surface area contributed by atoms with Crippen molar-refractivity contribution in [2.24, 2.45) is 0 Å². The molecule has 3 rings (SSSR count). The maximum atomic E-state index is 5.97. The van der Waals surface area contributed by atoms with Crippen molar-refractivity contribution in [2.45, 2.75) is 64.8 Å². The first-order valence-electron chi connectivity index (χ1n) is 8.42. The maximum absolute atomic E-state index is 5.97. The lowest BCUT2D eigenvalue weighted by Crippen LogP contribution is -2.52. The van der Waals surface area contributed by atoms with Crippen molar-refractivity contribution in [3.63, 3.8) is 0 Å². The van der Waals surface area contributed by atoms with Gasteiger partial charge in [-0.3, -0.25) is 4.90 Å². The minimum absolute atomic E-state index is 0.449. The molecule has 2 heterocycles. The van der Waals surface area contributed by atoms with Crippen molar-refractivity contribution in [1.82, 2.24) is 10.2 Å². The van der Waals surface area contributed by atoms with Gasteiger partial charge in [0.2, 0.25) is 0 Å². The molecule has 0 bridgehead atoms. The van der Waals surface area contributed by atoms with Crippen LogP contribution in [0.4, 0.5) is 0 Å². The van der Waals surface area contributed by atoms with Crippen LogP contribution in [-0.4, -0.2) is 36.7 Å². The predicted molar refractivity (Wildman–Crippen MR) is 83.2 cm³/mol. The van der Waals surface area contributed by atoms with Crippen LogP contribution >= 0.6 is 0 Å². The monoisotopic (exact) mass is 292 g/mol. The summed E-state index contributed by atoms with van der Waals surface area (Å²) in [5, 5.41) is 3.37. The van der Waals surface area contributed by atoms with E-state index in [1.54, 1.807) is 0 Å². The summed E-state index contributed by atoms with van der Waals surface area (Å²) in [4.78, 5) is 2.57. The standard InChI is InChI=1S/C17H28N2O2/c1-3-18-11-14-10-15(21-13(14)2)12-19-8-9-20-17-7-5-4-6-16(17)19/h10,16-18H,3-9,11-12H2,1-2H3. The van der Waals surface area contributed by atoms with Crippen LogP contribution in [0, 0.1) is 6.92 Å². The molecular weight excluding hydrogens is 264 g/mol. The number of ether oxygens (including phenoxy) is 1. The van der Waals surface area contributed by atoms with Gasteiger partial charge in [0, 0.05) is 24.7 Å². The van der Waals surface area contributed by atoms with Gasteiger partial charge in [0.15, 0.2) is 0 Å². The van der Waals surface area contributed by atoms with Crippen molar-refractivity contribution in [3.8, 4) is 0 Å². The first-order chi connectivity index (χ1) is 10.3. The number of hydrogen-bond donors (Lipinski definition) is 1. The highest BCUT2D eigenvalue weighted by Crippen LogP contribution is 2.30. The van der Waals surface area contributed by atoms with E-state index >= 15 is 0 Å². The Labute approximate surface area is 127 Å². The second-order valence-electron chi connectivity index (χ2n) is 6.31. The molecular formula is C17H28N2O2. The van der Waals surface area contributed by atoms with Gasteiger partial charge < -0.3 is 14.5 Å². The normalized spacial score (nSPS) is 26.8. The highest BCUT2D eigenvalue weighted by molar-refractivity contribution is 5.20. The summed E-state index contributed by atoms with van der Waals surface area (Å²) in [5.74, 6) is 2.16. The van der Waals surface area contributed by atoms with E-state index in [0.29, 0.717) is 12.1 Å². The third kappa shape index (κ3) is 3.50. The quantitative estimate of drug-likeness (QED) is 0.905. The minimum Gasteiger partial charge on any atom is -0.465 e. The number of hydrogen-bond acceptors (Lipinski definition) is 4. The van der Waals surface area contributed by atoms with Crippen LogP contribution in [-0.2, 0) is 17.8 Å². The SMILES string of the molecule is CCNCc1cc(CN2CCOC3CCCCC32)oc1C. The van der Waals surface area contributed by atoms with Crippen LogP contribution in [0.3, 0.4) is 0 Å². The van der Waals surface area contributed by atoms with E-state index in [1.807, 2.05) is 0 Å². The van der Waals surface area contributed by atoms with Crippen LogP contribution in [0.2, 0.25) is 0 Å². The molecule has 0 radical (unpaired) electrons. The molecule has 1 aromatic heterocycles. The van der Waals surface area contributed by atoms with Gasteiger partial charge in [-0.05, 0) is 32.4 Å². The van der Waals surface area contributed by atoms with Crippen LogP contribution in [0.1, 0.15) is 49.7 Å². The summed E-state index contributed by atoms with van der Waals surface area (Å²) in [6.45, 7) is 8.92. The van der Waals surface area contributed by atoms with Crippen molar-refractivity contribution in [2.75, 3.05) is 19.7 Å². The Bertz CT molecular complexity index is 456. The number of nitrogens with one attached hydrogen (secondary N) is 1. The Morgan fingerprint density at radius 3 is 3.05 bits per heavy atom. The molecule has 1 aliphatic carbocycles. The first kappa shape index (κ1) is 15.1.